The standard InChI is InChI=1S/C27H20Br2N2O3S/c1-17-8-11-21(12-9-17)35(32,33)31-24-13-10-20(34-19-6-4-3-5-7-19)14-22(24)27-18(2)23(15-26(28)29)30-16-25(27)31/h3-16H,1-2H3. The maximum atomic E-state index is 13.9. The number of fused-ring (bicyclic) bond motifs is 3. The first-order valence-electron chi connectivity index (χ1n) is 10.8. The van der Waals surface area contributed by atoms with Crippen molar-refractivity contribution in [2.45, 2.75) is 18.7 Å². The molecule has 0 amide bonds. The molecule has 5 rings (SSSR count). The van der Waals surface area contributed by atoms with Crippen molar-refractivity contribution >= 4 is 69.8 Å². The minimum Gasteiger partial charge on any atom is -0.457 e. The molecular weight excluding hydrogens is 592 g/mol. The first-order chi connectivity index (χ1) is 16.8. The van der Waals surface area contributed by atoms with Crippen molar-refractivity contribution in [3.8, 4) is 11.5 Å². The number of nitrogens with zero attached hydrogens (tertiary/aromatic N) is 2. The van der Waals surface area contributed by atoms with Crippen LogP contribution < -0.4 is 4.74 Å². The second kappa shape index (κ2) is 9.26. The van der Waals surface area contributed by atoms with Gasteiger partial charge in [0.1, 0.15) is 11.5 Å². The van der Waals surface area contributed by atoms with E-state index in [1.807, 2.05) is 56.3 Å². The number of halogens is 2. The summed E-state index contributed by atoms with van der Waals surface area (Å²) in [6, 6.07) is 21.8. The van der Waals surface area contributed by atoms with Crippen molar-refractivity contribution in [1.29, 1.82) is 0 Å². The number of hydrogen-bond donors (Lipinski definition) is 0. The lowest BCUT2D eigenvalue weighted by atomic mass is 10.1. The molecule has 2 aromatic heterocycles. The molecule has 35 heavy (non-hydrogen) atoms. The van der Waals surface area contributed by atoms with Crippen LogP contribution in [-0.2, 0) is 10.0 Å². The number of benzene rings is 3. The average molecular weight is 612 g/mol. The highest BCUT2D eigenvalue weighted by Crippen LogP contribution is 2.38. The van der Waals surface area contributed by atoms with Gasteiger partial charge in [-0.2, -0.15) is 0 Å². The van der Waals surface area contributed by atoms with Gasteiger partial charge >= 0.3 is 0 Å². The van der Waals surface area contributed by atoms with E-state index in [1.54, 1.807) is 42.6 Å². The average Bonchev–Trinajstić information content (AvgIpc) is 3.16. The molecule has 0 saturated carbocycles. The van der Waals surface area contributed by atoms with Crippen LogP contribution in [0.3, 0.4) is 0 Å². The van der Waals surface area contributed by atoms with Crippen LogP contribution in [-0.4, -0.2) is 17.4 Å². The van der Waals surface area contributed by atoms with Gasteiger partial charge in [0.25, 0.3) is 10.0 Å². The Bertz CT molecular complexity index is 1710. The summed E-state index contributed by atoms with van der Waals surface area (Å²) in [6.07, 6.45) is 3.46. The van der Waals surface area contributed by atoms with E-state index in [2.05, 4.69) is 36.8 Å². The zero-order valence-corrected chi connectivity index (χ0v) is 22.9. The van der Waals surface area contributed by atoms with E-state index in [-0.39, 0.29) is 4.90 Å². The smallest absolute Gasteiger partial charge is 0.268 e. The van der Waals surface area contributed by atoms with Gasteiger partial charge in [-0.15, -0.1) is 0 Å². The first-order valence-corrected chi connectivity index (χ1v) is 13.8. The lowest BCUT2D eigenvalue weighted by Crippen LogP contribution is -2.13. The second-order valence-corrected chi connectivity index (χ2v) is 12.7. The summed E-state index contributed by atoms with van der Waals surface area (Å²) in [5.41, 5.74) is 3.65. The molecular formula is C27H20Br2N2O3S. The van der Waals surface area contributed by atoms with Crippen LogP contribution >= 0.6 is 31.9 Å². The molecule has 0 aliphatic rings. The Kier molecular flexibility index (Phi) is 6.29. The van der Waals surface area contributed by atoms with E-state index < -0.39 is 10.0 Å². The van der Waals surface area contributed by atoms with Crippen molar-refractivity contribution in [1.82, 2.24) is 8.96 Å². The summed E-state index contributed by atoms with van der Waals surface area (Å²) in [7, 11) is -3.89. The molecule has 0 N–H and O–H groups in total. The third kappa shape index (κ3) is 4.42. The number of ether oxygens (including phenoxy) is 1. The van der Waals surface area contributed by atoms with Crippen LogP contribution in [0, 0.1) is 13.8 Å². The van der Waals surface area contributed by atoms with Gasteiger partial charge in [-0.25, -0.2) is 12.4 Å². The van der Waals surface area contributed by atoms with Gasteiger partial charge in [0.15, 0.2) is 0 Å². The van der Waals surface area contributed by atoms with E-state index in [0.717, 1.165) is 31.0 Å². The Morgan fingerprint density at radius 2 is 1.63 bits per heavy atom. The van der Waals surface area contributed by atoms with Gasteiger partial charge in [-0.1, -0.05) is 35.9 Å². The van der Waals surface area contributed by atoms with Crippen LogP contribution in [0.2, 0.25) is 0 Å². The molecule has 0 spiro atoms. The Morgan fingerprint density at radius 1 is 0.914 bits per heavy atom. The van der Waals surface area contributed by atoms with Crippen LogP contribution in [0.4, 0.5) is 0 Å². The molecule has 0 bridgehead atoms. The molecule has 0 fully saturated rings. The summed E-state index contributed by atoms with van der Waals surface area (Å²) in [5, 5.41) is 1.57. The number of aryl methyl sites for hydroxylation is 2. The summed E-state index contributed by atoms with van der Waals surface area (Å²) in [5.74, 6) is 1.32. The van der Waals surface area contributed by atoms with Gasteiger partial charge in [0.05, 0.1) is 31.2 Å². The largest absolute Gasteiger partial charge is 0.457 e. The number of rotatable bonds is 5. The molecule has 5 nitrogen and oxygen atoms in total. The van der Waals surface area contributed by atoms with Crippen molar-refractivity contribution in [2.24, 2.45) is 0 Å². The van der Waals surface area contributed by atoms with Crippen LogP contribution in [0.5, 0.6) is 11.5 Å². The minimum absolute atomic E-state index is 0.219. The summed E-state index contributed by atoms with van der Waals surface area (Å²) >= 11 is 6.80. The fraction of sp³-hybridized carbons (Fsp3) is 0.0741. The van der Waals surface area contributed by atoms with Gasteiger partial charge in [-0.05, 0) is 99.8 Å². The molecule has 0 aliphatic carbocycles. The SMILES string of the molecule is Cc1ccc(S(=O)(=O)n2c3ccc(Oc4ccccc4)cc3c3c(C)c(C=C(Br)Br)ncc32)cc1. The Hall–Kier alpha value is -2.94. The minimum atomic E-state index is -3.89. The van der Waals surface area contributed by atoms with Crippen LogP contribution in [0.25, 0.3) is 27.9 Å². The maximum absolute atomic E-state index is 13.9. The molecule has 8 heteroatoms. The van der Waals surface area contributed by atoms with Gasteiger partial charge in [0, 0.05) is 10.8 Å². The normalized spacial score (nSPS) is 11.7. The van der Waals surface area contributed by atoms with Crippen molar-refractivity contribution in [3.63, 3.8) is 0 Å². The van der Waals surface area contributed by atoms with E-state index in [1.165, 1.54) is 3.97 Å². The molecule has 0 radical (unpaired) electrons. The van der Waals surface area contributed by atoms with Crippen molar-refractivity contribution in [3.05, 3.63) is 99.2 Å². The number of para-hydroxylation sites is 1. The Labute approximate surface area is 220 Å². The first kappa shape index (κ1) is 23.8. The monoisotopic (exact) mass is 610 g/mol. The molecule has 5 aromatic rings. The molecule has 0 aliphatic heterocycles. The highest BCUT2D eigenvalue weighted by molar-refractivity contribution is 9.28. The maximum Gasteiger partial charge on any atom is 0.268 e. The Balaban J connectivity index is 1.82. The molecule has 176 valence electrons. The predicted octanol–water partition coefficient (Wildman–Crippen LogP) is 7.92. The number of aromatic nitrogens is 2. The fourth-order valence-corrected chi connectivity index (χ4v) is 6.08. The molecule has 0 atom stereocenters. The summed E-state index contributed by atoms with van der Waals surface area (Å²) in [4.78, 5) is 4.78. The van der Waals surface area contributed by atoms with Gasteiger partial charge in [-0.3, -0.25) is 4.98 Å². The zero-order chi connectivity index (χ0) is 24.7. The van der Waals surface area contributed by atoms with Crippen LogP contribution in [0.1, 0.15) is 16.8 Å². The molecule has 2 heterocycles. The van der Waals surface area contributed by atoms with Crippen molar-refractivity contribution < 1.29 is 13.2 Å². The van der Waals surface area contributed by atoms with E-state index in [4.69, 9.17) is 4.74 Å². The Morgan fingerprint density at radius 3 is 2.31 bits per heavy atom. The third-order valence-corrected chi connectivity index (χ3v) is 8.00. The van der Waals surface area contributed by atoms with E-state index in [9.17, 15) is 8.42 Å². The van der Waals surface area contributed by atoms with Crippen molar-refractivity contribution in [2.75, 3.05) is 0 Å². The lowest BCUT2D eigenvalue weighted by molar-refractivity contribution is 0.483. The quantitative estimate of drug-likeness (QED) is 0.202. The zero-order valence-electron chi connectivity index (χ0n) is 18.9. The molecule has 3 aromatic carbocycles. The van der Waals surface area contributed by atoms with Crippen LogP contribution in [0.15, 0.2) is 87.3 Å². The topological polar surface area (TPSA) is 61.2 Å². The lowest BCUT2D eigenvalue weighted by Gasteiger charge is -2.10. The number of hydrogen-bond acceptors (Lipinski definition) is 4. The third-order valence-electron chi connectivity index (χ3n) is 5.80. The highest BCUT2D eigenvalue weighted by Gasteiger charge is 2.25. The fourth-order valence-electron chi connectivity index (χ4n) is 4.14. The van der Waals surface area contributed by atoms with E-state index >= 15 is 0 Å². The predicted molar refractivity (Wildman–Crippen MR) is 148 cm³/mol. The van der Waals surface area contributed by atoms with Gasteiger partial charge < -0.3 is 4.74 Å². The summed E-state index contributed by atoms with van der Waals surface area (Å²) < 4.78 is 35.9. The number of pyridine rings is 1. The van der Waals surface area contributed by atoms with Gasteiger partial charge in [0.2, 0.25) is 0 Å². The molecule has 0 saturated heterocycles. The molecule has 0 unspecified atom stereocenters. The van der Waals surface area contributed by atoms with E-state index in [0.29, 0.717) is 22.5 Å². The summed E-state index contributed by atoms with van der Waals surface area (Å²) in [6.45, 7) is 3.87. The highest BCUT2D eigenvalue weighted by atomic mass is 79.9. The second-order valence-electron chi connectivity index (χ2n) is 8.14.